The number of urea groups is 1. The zero-order chi connectivity index (χ0) is 18.1. The molecule has 2 aromatic heterocycles. The molecular formula is C17H23N5O3. The molecule has 0 bridgehead atoms. The van der Waals surface area contributed by atoms with E-state index >= 15 is 0 Å². The van der Waals surface area contributed by atoms with E-state index in [1.807, 2.05) is 26.8 Å². The van der Waals surface area contributed by atoms with Crippen LogP contribution >= 0.6 is 0 Å². The van der Waals surface area contributed by atoms with Crippen LogP contribution in [0.2, 0.25) is 0 Å². The molecule has 1 aliphatic heterocycles. The normalized spacial score (nSPS) is 16.2. The van der Waals surface area contributed by atoms with Crippen LogP contribution in [0.1, 0.15) is 30.0 Å². The summed E-state index contributed by atoms with van der Waals surface area (Å²) in [6.07, 6.45) is 3.44. The number of carbonyl (C=O) groups excluding carboxylic acids is 2. The van der Waals surface area contributed by atoms with Crippen LogP contribution in [-0.2, 0) is 11.8 Å². The second-order valence-corrected chi connectivity index (χ2v) is 6.38. The van der Waals surface area contributed by atoms with Crippen LogP contribution in [0.25, 0.3) is 0 Å². The highest BCUT2D eigenvalue weighted by atomic mass is 16.3. The predicted molar refractivity (Wildman–Crippen MR) is 92.3 cm³/mol. The molecule has 1 aliphatic rings. The Labute approximate surface area is 146 Å². The van der Waals surface area contributed by atoms with Crippen molar-refractivity contribution in [3.63, 3.8) is 0 Å². The van der Waals surface area contributed by atoms with Crippen molar-refractivity contribution < 1.29 is 14.0 Å². The maximum absolute atomic E-state index is 12.5. The third kappa shape index (κ3) is 3.52. The average molecular weight is 345 g/mol. The third-order valence-electron chi connectivity index (χ3n) is 4.40. The van der Waals surface area contributed by atoms with E-state index in [0.717, 1.165) is 22.8 Å². The molecule has 8 nitrogen and oxygen atoms in total. The van der Waals surface area contributed by atoms with Gasteiger partial charge in [-0.1, -0.05) is 0 Å². The van der Waals surface area contributed by atoms with Crippen LogP contribution < -0.4 is 10.2 Å². The molecule has 1 N–H and O–H groups in total. The predicted octanol–water partition coefficient (Wildman–Crippen LogP) is 1.75. The molecule has 25 heavy (non-hydrogen) atoms. The number of nitrogens with zero attached hydrogens (tertiary/aromatic N) is 4. The summed E-state index contributed by atoms with van der Waals surface area (Å²) in [6.45, 7) is 6.64. The summed E-state index contributed by atoms with van der Waals surface area (Å²) < 4.78 is 7.16. The number of aryl methyl sites for hydroxylation is 3. The first-order chi connectivity index (χ1) is 11.8. The lowest BCUT2D eigenvalue weighted by molar-refractivity contribution is -0.120. The molecule has 0 spiro atoms. The molecular weight excluding hydrogens is 322 g/mol. The fourth-order valence-electron chi connectivity index (χ4n) is 3.10. The fourth-order valence-corrected chi connectivity index (χ4v) is 3.10. The minimum absolute atomic E-state index is 0.0524. The van der Waals surface area contributed by atoms with Gasteiger partial charge in [-0.05, 0) is 26.8 Å². The molecule has 2 aromatic rings. The Kier molecular flexibility index (Phi) is 4.52. The molecule has 3 rings (SSSR count). The van der Waals surface area contributed by atoms with Gasteiger partial charge in [-0.3, -0.25) is 9.48 Å². The van der Waals surface area contributed by atoms with Crippen LogP contribution in [-0.4, -0.2) is 46.3 Å². The van der Waals surface area contributed by atoms with Crippen LogP contribution in [0.3, 0.4) is 0 Å². The highest BCUT2D eigenvalue weighted by Gasteiger charge is 2.29. The number of piperazine rings is 1. The van der Waals surface area contributed by atoms with Gasteiger partial charge in [0.05, 0.1) is 17.9 Å². The summed E-state index contributed by atoms with van der Waals surface area (Å²) in [5.74, 6) is 1.49. The van der Waals surface area contributed by atoms with Gasteiger partial charge >= 0.3 is 6.03 Å². The minimum Gasteiger partial charge on any atom is -0.466 e. The SMILES string of the molecule is Cc1cc(C(C)NC(=O)N2CCN(c3cnn(C)c3)C(=O)C2)c(C)o1. The molecule has 0 radical (unpaired) electrons. The summed E-state index contributed by atoms with van der Waals surface area (Å²) in [7, 11) is 1.80. The van der Waals surface area contributed by atoms with Gasteiger partial charge in [0.15, 0.2) is 0 Å². The van der Waals surface area contributed by atoms with Crippen molar-refractivity contribution in [2.24, 2.45) is 7.05 Å². The Morgan fingerprint density at radius 1 is 1.36 bits per heavy atom. The summed E-state index contributed by atoms with van der Waals surface area (Å²) in [5, 5.41) is 7.02. The van der Waals surface area contributed by atoms with Gasteiger partial charge in [0.1, 0.15) is 18.1 Å². The molecule has 0 aromatic carbocycles. The van der Waals surface area contributed by atoms with Gasteiger partial charge in [-0.25, -0.2) is 4.79 Å². The van der Waals surface area contributed by atoms with Crippen molar-refractivity contribution >= 4 is 17.6 Å². The van der Waals surface area contributed by atoms with Crippen molar-refractivity contribution in [1.29, 1.82) is 0 Å². The van der Waals surface area contributed by atoms with Crippen molar-refractivity contribution in [3.05, 3.63) is 35.5 Å². The van der Waals surface area contributed by atoms with E-state index in [2.05, 4.69) is 10.4 Å². The van der Waals surface area contributed by atoms with Crippen molar-refractivity contribution in [2.75, 3.05) is 24.5 Å². The molecule has 134 valence electrons. The Bertz CT molecular complexity index is 794. The van der Waals surface area contributed by atoms with E-state index in [9.17, 15) is 9.59 Å². The smallest absolute Gasteiger partial charge is 0.318 e. The maximum Gasteiger partial charge on any atom is 0.318 e. The zero-order valence-corrected chi connectivity index (χ0v) is 14.9. The first kappa shape index (κ1) is 17.1. The number of nitrogens with one attached hydrogen (secondary N) is 1. The highest BCUT2D eigenvalue weighted by Crippen LogP contribution is 2.22. The van der Waals surface area contributed by atoms with Gasteiger partial charge in [0, 0.05) is 31.9 Å². The number of aromatic nitrogens is 2. The van der Waals surface area contributed by atoms with Gasteiger partial charge in [0.25, 0.3) is 0 Å². The monoisotopic (exact) mass is 345 g/mol. The molecule has 1 saturated heterocycles. The molecule has 3 amide bonds. The zero-order valence-electron chi connectivity index (χ0n) is 14.9. The highest BCUT2D eigenvalue weighted by molar-refractivity contribution is 5.97. The Morgan fingerprint density at radius 2 is 2.12 bits per heavy atom. The molecule has 8 heteroatoms. The minimum atomic E-state index is -0.245. The van der Waals surface area contributed by atoms with E-state index in [-0.39, 0.29) is 24.5 Å². The molecule has 1 atom stereocenters. The fraction of sp³-hybridized carbons (Fsp3) is 0.471. The maximum atomic E-state index is 12.5. The number of amides is 3. The molecule has 0 aliphatic carbocycles. The molecule has 1 unspecified atom stereocenters. The van der Waals surface area contributed by atoms with Crippen LogP contribution in [0.4, 0.5) is 10.5 Å². The summed E-state index contributed by atoms with van der Waals surface area (Å²) in [4.78, 5) is 28.1. The Hall–Kier alpha value is -2.77. The molecule has 3 heterocycles. The van der Waals surface area contributed by atoms with E-state index in [0.29, 0.717) is 13.1 Å². The van der Waals surface area contributed by atoms with Crippen molar-refractivity contribution in [3.8, 4) is 0 Å². The molecule has 1 fully saturated rings. The lowest BCUT2D eigenvalue weighted by Crippen LogP contribution is -2.55. The van der Waals surface area contributed by atoms with Gasteiger partial charge < -0.3 is 19.5 Å². The number of rotatable bonds is 3. The summed E-state index contributed by atoms with van der Waals surface area (Å²) in [5.41, 5.74) is 1.71. The van der Waals surface area contributed by atoms with Gasteiger partial charge in [-0.2, -0.15) is 5.10 Å². The van der Waals surface area contributed by atoms with Crippen LogP contribution in [0.5, 0.6) is 0 Å². The topological polar surface area (TPSA) is 83.6 Å². The first-order valence-corrected chi connectivity index (χ1v) is 8.26. The van der Waals surface area contributed by atoms with Gasteiger partial charge in [-0.15, -0.1) is 0 Å². The second kappa shape index (κ2) is 6.62. The third-order valence-corrected chi connectivity index (χ3v) is 4.40. The van der Waals surface area contributed by atoms with Gasteiger partial charge in [0.2, 0.25) is 5.91 Å². The van der Waals surface area contributed by atoms with E-state index in [1.165, 1.54) is 4.90 Å². The van der Waals surface area contributed by atoms with Crippen LogP contribution in [0, 0.1) is 13.8 Å². The standard InChI is InChI=1S/C17H23N5O3/c1-11-7-15(13(3)25-11)12(2)19-17(24)21-5-6-22(16(23)10-21)14-8-18-20(4)9-14/h7-9,12H,5-6,10H2,1-4H3,(H,19,24). The quantitative estimate of drug-likeness (QED) is 0.918. The number of hydrogen-bond acceptors (Lipinski definition) is 4. The number of hydrogen-bond donors (Lipinski definition) is 1. The number of anilines is 1. The van der Waals surface area contributed by atoms with Crippen LogP contribution in [0.15, 0.2) is 22.9 Å². The number of furan rings is 1. The lowest BCUT2D eigenvalue weighted by Gasteiger charge is -2.34. The van der Waals surface area contributed by atoms with Crippen molar-refractivity contribution in [2.45, 2.75) is 26.8 Å². The Morgan fingerprint density at radius 3 is 2.68 bits per heavy atom. The average Bonchev–Trinajstić information content (AvgIpc) is 3.12. The second-order valence-electron chi connectivity index (χ2n) is 6.38. The lowest BCUT2D eigenvalue weighted by atomic mass is 10.1. The summed E-state index contributed by atoms with van der Waals surface area (Å²) in [6, 6.07) is 1.49. The largest absolute Gasteiger partial charge is 0.466 e. The Balaban J connectivity index is 1.61. The first-order valence-electron chi connectivity index (χ1n) is 8.26. The van der Waals surface area contributed by atoms with Crippen molar-refractivity contribution in [1.82, 2.24) is 20.0 Å². The number of carbonyl (C=O) groups is 2. The van der Waals surface area contributed by atoms with E-state index in [1.54, 1.807) is 29.0 Å². The van der Waals surface area contributed by atoms with E-state index < -0.39 is 0 Å². The van der Waals surface area contributed by atoms with E-state index in [4.69, 9.17) is 4.42 Å². The molecule has 0 saturated carbocycles. The summed E-state index contributed by atoms with van der Waals surface area (Å²) >= 11 is 0.